The Morgan fingerprint density at radius 3 is 2.32 bits per heavy atom. The summed E-state index contributed by atoms with van der Waals surface area (Å²) in [5.41, 5.74) is 3.89. The number of ether oxygens (including phenoxy) is 1. The Morgan fingerprint density at radius 2 is 1.72 bits per heavy atom. The highest BCUT2D eigenvalue weighted by Crippen LogP contribution is 2.34. The van der Waals surface area contributed by atoms with Gasteiger partial charge in [0.1, 0.15) is 10.8 Å². The zero-order valence-corrected chi connectivity index (χ0v) is 15.3. The molecule has 0 fully saturated rings. The summed E-state index contributed by atoms with van der Waals surface area (Å²) in [7, 11) is 0. The van der Waals surface area contributed by atoms with E-state index in [1.807, 2.05) is 55.5 Å². The number of nitrogens with zero attached hydrogens (tertiary/aromatic N) is 1. The molecule has 0 aliphatic heterocycles. The van der Waals surface area contributed by atoms with E-state index in [-0.39, 0.29) is 5.91 Å². The van der Waals surface area contributed by atoms with Crippen molar-refractivity contribution in [2.75, 3.05) is 11.9 Å². The zero-order valence-electron chi connectivity index (χ0n) is 14.5. The van der Waals surface area contributed by atoms with Crippen LogP contribution in [-0.4, -0.2) is 17.5 Å². The quantitative estimate of drug-likeness (QED) is 0.691. The van der Waals surface area contributed by atoms with Crippen LogP contribution in [0.4, 0.5) is 5.69 Å². The minimum atomic E-state index is -0.0737. The summed E-state index contributed by atoms with van der Waals surface area (Å²) in [6.07, 6.45) is 0. The average Bonchev–Trinajstić information content (AvgIpc) is 2.98. The second-order valence-electron chi connectivity index (χ2n) is 5.64. The molecule has 0 radical (unpaired) electrons. The molecule has 0 unspecified atom stereocenters. The third kappa shape index (κ3) is 4.06. The van der Waals surface area contributed by atoms with E-state index in [2.05, 4.69) is 12.2 Å². The van der Waals surface area contributed by atoms with Crippen LogP contribution < -0.4 is 10.1 Å². The number of rotatable bonds is 5. The first-order valence-corrected chi connectivity index (χ1v) is 8.97. The SMILES string of the molecule is CCOc1ccc(-c2nc(-c3ccc(NC(C)=O)cc3)c(C)s2)cc1. The molecule has 1 amide bonds. The van der Waals surface area contributed by atoms with E-state index in [1.54, 1.807) is 11.3 Å². The van der Waals surface area contributed by atoms with Gasteiger partial charge in [0.2, 0.25) is 5.91 Å². The molecule has 0 aliphatic carbocycles. The van der Waals surface area contributed by atoms with E-state index in [1.165, 1.54) is 6.92 Å². The van der Waals surface area contributed by atoms with Gasteiger partial charge in [-0.2, -0.15) is 0 Å². The predicted octanol–water partition coefficient (Wildman–Crippen LogP) is 5.14. The van der Waals surface area contributed by atoms with E-state index in [0.717, 1.165) is 38.1 Å². The summed E-state index contributed by atoms with van der Waals surface area (Å²) in [5.74, 6) is 0.795. The zero-order chi connectivity index (χ0) is 17.8. The Bertz CT molecular complexity index is 868. The normalized spacial score (nSPS) is 10.5. The van der Waals surface area contributed by atoms with Crippen molar-refractivity contribution in [3.8, 4) is 27.6 Å². The number of carbonyl (C=O) groups is 1. The van der Waals surface area contributed by atoms with Gasteiger partial charge in [0.15, 0.2) is 0 Å². The number of benzene rings is 2. The topological polar surface area (TPSA) is 51.2 Å². The van der Waals surface area contributed by atoms with E-state index in [0.29, 0.717) is 6.61 Å². The molecule has 0 atom stereocenters. The number of nitrogens with one attached hydrogen (secondary N) is 1. The molecule has 1 N–H and O–H groups in total. The van der Waals surface area contributed by atoms with Crippen molar-refractivity contribution < 1.29 is 9.53 Å². The molecule has 1 heterocycles. The maximum absolute atomic E-state index is 11.1. The maximum Gasteiger partial charge on any atom is 0.221 e. The number of amides is 1. The minimum Gasteiger partial charge on any atom is -0.494 e. The third-order valence-corrected chi connectivity index (χ3v) is 4.71. The van der Waals surface area contributed by atoms with Crippen molar-refractivity contribution in [2.24, 2.45) is 0 Å². The lowest BCUT2D eigenvalue weighted by atomic mass is 10.1. The van der Waals surface area contributed by atoms with Crippen LogP contribution in [0.1, 0.15) is 18.7 Å². The van der Waals surface area contributed by atoms with Gasteiger partial charge >= 0.3 is 0 Å². The van der Waals surface area contributed by atoms with Crippen molar-refractivity contribution in [3.05, 3.63) is 53.4 Å². The van der Waals surface area contributed by atoms with Crippen LogP contribution in [0.15, 0.2) is 48.5 Å². The van der Waals surface area contributed by atoms with Gasteiger partial charge in [-0.3, -0.25) is 4.79 Å². The molecular formula is C20H20N2O2S. The smallest absolute Gasteiger partial charge is 0.221 e. The minimum absolute atomic E-state index is 0.0737. The largest absolute Gasteiger partial charge is 0.494 e. The Hall–Kier alpha value is -2.66. The second kappa shape index (κ2) is 7.49. The third-order valence-electron chi connectivity index (χ3n) is 3.69. The number of thiazole rings is 1. The van der Waals surface area contributed by atoms with Crippen molar-refractivity contribution in [3.63, 3.8) is 0 Å². The molecule has 2 aromatic carbocycles. The van der Waals surface area contributed by atoms with Gasteiger partial charge in [0.05, 0.1) is 12.3 Å². The molecule has 128 valence electrons. The van der Waals surface area contributed by atoms with Crippen LogP contribution in [0.5, 0.6) is 5.75 Å². The van der Waals surface area contributed by atoms with Crippen molar-refractivity contribution in [1.29, 1.82) is 0 Å². The van der Waals surface area contributed by atoms with Gasteiger partial charge in [0.25, 0.3) is 0 Å². The molecule has 4 nitrogen and oxygen atoms in total. The highest BCUT2D eigenvalue weighted by atomic mass is 32.1. The summed E-state index contributed by atoms with van der Waals surface area (Å²) >= 11 is 1.67. The molecule has 5 heteroatoms. The van der Waals surface area contributed by atoms with Gasteiger partial charge in [-0.15, -0.1) is 11.3 Å². The molecule has 3 aromatic rings. The first-order valence-electron chi connectivity index (χ1n) is 8.15. The molecule has 0 bridgehead atoms. The molecule has 0 saturated heterocycles. The summed E-state index contributed by atoms with van der Waals surface area (Å²) < 4.78 is 5.49. The van der Waals surface area contributed by atoms with Crippen LogP contribution in [0, 0.1) is 6.92 Å². The fourth-order valence-electron chi connectivity index (χ4n) is 2.56. The number of hydrogen-bond acceptors (Lipinski definition) is 4. The lowest BCUT2D eigenvalue weighted by Crippen LogP contribution is -2.05. The maximum atomic E-state index is 11.1. The van der Waals surface area contributed by atoms with Crippen LogP contribution in [0.2, 0.25) is 0 Å². The van der Waals surface area contributed by atoms with Crippen LogP contribution in [0.25, 0.3) is 21.8 Å². The fraction of sp³-hybridized carbons (Fsp3) is 0.200. The van der Waals surface area contributed by atoms with E-state index >= 15 is 0 Å². The average molecular weight is 352 g/mol. The Balaban J connectivity index is 1.85. The lowest BCUT2D eigenvalue weighted by Gasteiger charge is -2.04. The van der Waals surface area contributed by atoms with Gasteiger partial charge in [-0.1, -0.05) is 12.1 Å². The fourth-order valence-corrected chi connectivity index (χ4v) is 3.50. The first kappa shape index (κ1) is 17.2. The standard InChI is InChI=1S/C20H20N2O2S/c1-4-24-18-11-7-16(8-12-18)20-22-19(13(2)25-20)15-5-9-17(10-6-15)21-14(3)23/h5-12H,4H2,1-3H3,(H,21,23). The molecule has 0 aliphatic rings. The second-order valence-corrected chi connectivity index (χ2v) is 6.84. The molecular weight excluding hydrogens is 332 g/mol. The van der Waals surface area contributed by atoms with Crippen molar-refractivity contribution in [2.45, 2.75) is 20.8 Å². The van der Waals surface area contributed by atoms with Crippen molar-refractivity contribution in [1.82, 2.24) is 4.98 Å². The highest BCUT2D eigenvalue weighted by molar-refractivity contribution is 7.15. The van der Waals surface area contributed by atoms with Crippen LogP contribution in [0.3, 0.4) is 0 Å². The van der Waals surface area contributed by atoms with Gasteiger partial charge in [-0.25, -0.2) is 4.98 Å². The van der Waals surface area contributed by atoms with Gasteiger partial charge < -0.3 is 10.1 Å². The molecule has 0 saturated carbocycles. The number of anilines is 1. The Labute approximate surface area is 151 Å². The predicted molar refractivity (Wildman–Crippen MR) is 103 cm³/mol. The summed E-state index contributed by atoms with van der Waals surface area (Å²) in [6.45, 7) is 6.21. The van der Waals surface area contributed by atoms with E-state index in [9.17, 15) is 4.79 Å². The number of hydrogen-bond donors (Lipinski definition) is 1. The molecule has 25 heavy (non-hydrogen) atoms. The Morgan fingerprint density at radius 1 is 1.08 bits per heavy atom. The summed E-state index contributed by atoms with van der Waals surface area (Å²) in [4.78, 5) is 17.1. The van der Waals surface area contributed by atoms with Crippen molar-refractivity contribution >= 4 is 22.9 Å². The molecule has 3 rings (SSSR count). The summed E-state index contributed by atoms with van der Waals surface area (Å²) in [5, 5.41) is 3.76. The monoisotopic (exact) mass is 352 g/mol. The highest BCUT2D eigenvalue weighted by Gasteiger charge is 2.11. The van der Waals surface area contributed by atoms with Gasteiger partial charge in [0, 0.05) is 28.6 Å². The number of aromatic nitrogens is 1. The van der Waals surface area contributed by atoms with E-state index < -0.39 is 0 Å². The van der Waals surface area contributed by atoms with Gasteiger partial charge in [-0.05, 0) is 50.2 Å². The van der Waals surface area contributed by atoms with Crippen LogP contribution >= 0.6 is 11.3 Å². The first-order chi connectivity index (χ1) is 12.1. The summed E-state index contributed by atoms with van der Waals surface area (Å²) in [6, 6.07) is 15.8. The number of aryl methyl sites for hydroxylation is 1. The van der Waals surface area contributed by atoms with Crippen LogP contribution in [-0.2, 0) is 4.79 Å². The molecule has 0 spiro atoms. The van der Waals surface area contributed by atoms with E-state index in [4.69, 9.17) is 9.72 Å². The molecule has 1 aromatic heterocycles. The Kier molecular flexibility index (Phi) is 5.14. The number of carbonyl (C=O) groups excluding carboxylic acids is 1. The lowest BCUT2D eigenvalue weighted by molar-refractivity contribution is -0.114.